The highest BCUT2D eigenvalue weighted by molar-refractivity contribution is 6.09. The quantitative estimate of drug-likeness (QED) is 0.113. The molecule has 1 atom stereocenters. The number of fused-ring (bicyclic) bond motifs is 4. The van der Waals surface area contributed by atoms with E-state index in [2.05, 4.69) is 93.8 Å². The molecule has 0 spiro atoms. The van der Waals surface area contributed by atoms with Crippen molar-refractivity contribution in [2.24, 2.45) is 5.41 Å². The van der Waals surface area contributed by atoms with Gasteiger partial charge in [-0.2, -0.15) is 0 Å². The summed E-state index contributed by atoms with van der Waals surface area (Å²) >= 11 is 0. The first-order valence-electron chi connectivity index (χ1n) is 27.4. The first-order chi connectivity index (χ1) is 35.8. The largest absolute Gasteiger partial charge is 0.458 e. The fourth-order valence-electron chi connectivity index (χ4n) is 8.82. The maximum atomic E-state index is 9.22. The van der Waals surface area contributed by atoms with E-state index in [0.29, 0.717) is 56.1 Å². The van der Waals surface area contributed by atoms with Gasteiger partial charge in [-0.15, -0.1) is 0 Å². The minimum absolute atomic E-state index is 0.0555. The predicted molar refractivity (Wildman–Crippen MR) is 278 cm³/mol. The third kappa shape index (κ3) is 8.22. The maximum Gasteiger partial charge on any atom is 0.269 e. The lowest BCUT2D eigenvalue weighted by molar-refractivity contribution is -0.571. The minimum atomic E-state index is -0.466. The summed E-state index contributed by atoms with van der Waals surface area (Å²) in [5, 5.41) is 1.02. The van der Waals surface area contributed by atoms with E-state index in [1.165, 1.54) is 0 Å². The molecule has 334 valence electrons. The molecular formula is C62H60N4O. The number of nitrogens with zero attached hydrogens (tertiary/aromatic N) is 4. The van der Waals surface area contributed by atoms with Crippen LogP contribution in [0, 0.1) is 11.7 Å². The Bertz CT molecular complexity index is 3940. The van der Waals surface area contributed by atoms with Gasteiger partial charge in [0.05, 0.1) is 45.8 Å². The van der Waals surface area contributed by atoms with Crippen molar-refractivity contribution in [1.29, 1.82) is 0 Å². The van der Waals surface area contributed by atoms with Gasteiger partial charge in [-0.25, -0.2) is 4.98 Å². The van der Waals surface area contributed by atoms with Gasteiger partial charge in [-0.3, -0.25) is 13.7 Å². The minimum Gasteiger partial charge on any atom is -0.458 e. The summed E-state index contributed by atoms with van der Waals surface area (Å²) in [6.45, 7) is 21.8. The summed E-state index contributed by atoms with van der Waals surface area (Å²) in [6.07, 6.45) is 5.40. The lowest BCUT2D eigenvalue weighted by Crippen LogP contribution is -2.31. The number of rotatable bonds is 8. The average molecular weight is 886 g/mol. The van der Waals surface area contributed by atoms with Crippen LogP contribution in [-0.2, 0) is 10.8 Å². The molecule has 0 amide bonds. The molecule has 0 fully saturated rings. The van der Waals surface area contributed by atoms with Crippen molar-refractivity contribution in [2.45, 2.75) is 86.0 Å². The molecule has 67 heavy (non-hydrogen) atoms. The van der Waals surface area contributed by atoms with Crippen LogP contribution >= 0.6 is 0 Å². The summed E-state index contributed by atoms with van der Waals surface area (Å²) in [6, 6.07) is 34.4. The molecule has 3 aromatic heterocycles. The Labute approximate surface area is 408 Å². The predicted octanol–water partition coefficient (Wildman–Crippen LogP) is 16.1. The molecule has 0 aliphatic heterocycles. The van der Waals surface area contributed by atoms with E-state index >= 15 is 0 Å². The number of ether oxygens (including phenoxy) is 1. The van der Waals surface area contributed by atoms with Gasteiger partial charge in [-0.1, -0.05) is 184 Å². The molecular weight excluding hydrogens is 817 g/mol. The molecule has 0 bridgehead atoms. The summed E-state index contributed by atoms with van der Waals surface area (Å²) in [4.78, 5) is 4.79. The SMILES string of the molecule is [2H]c1c([2H])c([2H])c(-c2cccc(-c3cc(C(C)(C)C)cc(C(C)(C)C)c3)c2-[n+]2[c-]n(-c3cccc(Oc4ccc5c6c([2H])c([2H])c([2H])c([2H])c6n(-c6cc(C(C)C(C)(C)C)ccn6)c5c4)c3)c3ccccc32)c([2H])c1[2H]. The fraction of sp³-hybridized carbons (Fsp3) is 0.226. The highest BCUT2D eigenvalue weighted by atomic mass is 16.5. The molecule has 10 aromatic rings. The molecule has 1 unspecified atom stereocenters. The van der Waals surface area contributed by atoms with Gasteiger partial charge < -0.3 is 4.74 Å². The number of para-hydroxylation sites is 4. The summed E-state index contributed by atoms with van der Waals surface area (Å²) < 4.78 is 92.2. The maximum absolute atomic E-state index is 9.22. The summed E-state index contributed by atoms with van der Waals surface area (Å²) in [7, 11) is 0. The van der Waals surface area contributed by atoms with Crippen molar-refractivity contribution in [2.75, 3.05) is 0 Å². The Morgan fingerprint density at radius 1 is 0.597 bits per heavy atom. The van der Waals surface area contributed by atoms with Gasteiger partial charge in [-0.05, 0) is 110 Å². The molecule has 0 aliphatic carbocycles. The van der Waals surface area contributed by atoms with Gasteiger partial charge in [0, 0.05) is 23.0 Å². The van der Waals surface area contributed by atoms with E-state index in [9.17, 15) is 2.74 Å². The smallest absolute Gasteiger partial charge is 0.269 e. The highest BCUT2D eigenvalue weighted by Gasteiger charge is 2.26. The Hall–Kier alpha value is -7.24. The first-order valence-corrected chi connectivity index (χ1v) is 22.9. The normalized spacial score (nSPS) is 14.7. The topological polar surface area (TPSA) is 35.9 Å². The molecule has 10 rings (SSSR count). The van der Waals surface area contributed by atoms with Gasteiger partial charge in [0.25, 0.3) is 6.33 Å². The van der Waals surface area contributed by atoms with Crippen LogP contribution in [0.4, 0.5) is 0 Å². The van der Waals surface area contributed by atoms with Gasteiger partial charge in [0.2, 0.25) is 0 Å². The van der Waals surface area contributed by atoms with Crippen LogP contribution in [0.1, 0.15) is 104 Å². The van der Waals surface area contributed by atoms with E-state index in [4.69, 9.17) is 19.3 Å². The highest BCUT2D eigenvalue weighted by Crippen LogP contribution is 2.41. The van der Waals surface area contributed by atoms with Gasteiger partial charge in [0.1, 0.15) is 17.3 Å². The molecule has 0 saturated carbocycles. The fourth-order valence-corrected chi connectivity index (χ4v) is 8.82. The Kier molecular flexibility index (Phi) is 8.44. The van der Waals surface area contributed by atoms with E-state index in [0.717, 1.165) is 38.9 Å². The van der Waals surface area contributed by atoms with Crippen LogP contribution in [0.5, 0.6) is 11.5 Å². The Balaban J connectivity index is 1.16. The third-order valence-electron chi connectivity index (χ3n) is 13.0. The van der Waals surface area contributed by atoms with E-state index in [-0.39, 0.29) is 64.0 Å². The second-order valence-corrected chi connectivity index (χ2v) is 20.6. The Morgan fingerprint density at radius 3 is 2.00 bits per heavy atom. The summed E-state index contributed by atoms with van der Waals surface area (Å²) in [5.74, 6) is 1.63. The van der Waals surface area contributed by atoms with E-state index < -0.39 is 18.1 Å². The molecule has 7 aromatic carbocycles. The molecule has 0 saturated heterocycles. The van der Waals surface area contributed by atoms with Crippen LogP contribution in [0.15, 0.2) is 176 Å². The number of hydrogen-bond acceptors (Lipinski definition) is 2. The third-order valence-corrected chi connectivity index (χ3v) is 13.0. The van der Waals surface area contributed by atoms with Crippen molar-refractivity contribution >= 4 is 32.8 Å². The second-order valence-electron chi connectivity index (χ2n) is 20.6. The Morgan fingerprint density at radius 2 is 1.27 bits per heavy atom. The van der Waals surface area contributed by atoms with Crippen molar-refractivity contribution in [3.05, 3.63) is 199 Å². The van der Waals surface area contributed by atoms with Crippen LogP contribution in [0.25, 0.3) is 72.3 Å². The average Bonchev–Trinajstić information content (AvgIpc) is 4.16. The second kappa shape index (κ2) is 16.6. The molecule has 5 nitrogen and oxygen atoms in total. The van der Waals surface area contributed by atoms with Crippen molar-refractivity contribution < 1.29 is 21.6 Å². The zero-order valence-electron chi connectivity index (χ0n) is 48.8. The molecule has 0 radical (unpaired) electrons. The summed E-state index contributed by atoms with van der Waals surface area (Å²) in [5.41, 5.74) is 8.80. The number of imidazole rings is 1. The van der Waals surface area contributed by atoms with Crippen LogP contribution < -0.4 is 9.30 Å². The van der Waals surface area contributed by atoms with Gasteiger partial charge in [0.15, 0.2) is 0 Å². The molecule has 5 heteroatoms. The number of benzene rings is 7. The lowest BCUT2D eigenvalue weighted by atomic mass is 9.78. The monoisotopic (exact) mass is 886 g/mol. The number of aromatic nitrogens is 4. The first kappa shape index (κ1) is 34.1. The van der Waals surface area contributed by atoms with Gasteiger partial charge >= 0.3 is 0 Å². The van der Waals surface area contributed by atoms with Crippen LogP contribution in [-0.4, -0.2) is 14.1 Å². The lowest BCUT2D eigenvalue weighted by Gasteiger charge is -2.27. The van der Waals surface area contributed by atoms with Crippen molar-refractivity contribution in [3.8, 4) is 50.9 Å². The standard InChI is InChI=1S/C62H60N4O/c1-41(60(2,3)4)43-32-33-63-58(36-43)66-54-27-15-14-24-52(54)53-31-30-49(39-57(53)66)67-48-23-18-22-47(38-48)64-40-65(56-29-17-16-28-55(56)64)59-50(42-20-12-11-13-21-42)25-19-26-51(59)44-34-45(61(5,6)7)37-46(35-44)62(8,9)10/h11-39,41H,1-10H3/i11D,12D,13D,14D,15D,20D,21D,24D,27D. The molecule has 3 heterocycles. The van der Waals surface area contributed by atoms with Crippen molar-refractivity contribution in [3.63, 3.8) is 0 Å². The number of pyridine rings is 1. The van der Waals surface area contributed by atoms with Crippen LogP contribution in [0.2, 0.25) is 0 Å². The van der Waals surface area contributed by atoms with E-state index in [1.54, 1.807) is 12.3 Å². The zero-order chi connectivity index (χ0) is 54.7. The molecule has 0 N–H and O–H groups in total. The number of hydrogen-bond donors (Lipinski definition) is 0. The zero-order valence-corrected chi connectivity index (χ0v) is 39.8. The van der Waals surface area contributed by atoms with Crippen molar-refractivity contribution in [1.82, 2.24) is 14.1 Å². The van der Waals surface area contributed by atoms with E-state index in [1.807, 2.05) is 105 Å². The molecule has 0 aliphatic rings. The van der Waals surface area contributed by atoms with Crippen LogP contribution in [0.3, 0.4) is 0 Å².